The number of benzene rings is 1. The molecule has 112 valence electrons. The van der Waals surface area contributed by atoms with E-state index in [1.54, 1.807) is 19.2 Å². The molecule has 0 saturated carbocycles. The Balaban J connectivity index is 2.49. The van der Waals surface area contributed by atoms with Crippen LogP contribution >= 0.6 is 0 Å². The van der Waals surface area contributed by atoms with E-state index in [1.165, 1.54) is 12.1 Å². The first kappa shape index (κ1) is 15.1. The first-order chi connectivity index (χ1) is 10.0. The zero-order valence-corrected chi connectivity index (χ0v) is 11.9. The number of aliphatic hydroxyl groups is 1. The van der Waals surface area contributed by atoms with E-state index < -0.39 is 4.92 Å². The highest BCUT2D eigenvalue weighted by Crippen LogP contribution is 2.27. The number of aliphatic hydroxyl groups excluding tert-OH is 1. The minimum absolute atomic E-state index is 0.00323. The molecule has 1 aromatic heterocycles. The third kappa shape index (κ3) is 3.45. The van der Waals surface area contributed by atoms with Gasteiger partial charge in [-0.2, -0.15) is 0 Å². The smallest absolute Gasteiger partial charge is 0.270 e. The van der Waals surface area contributed by atoms with Gasteiger partial charge in [0.1, 0.15) is 0 Å². The monoisotopic (exact) mass is 291 g/mol. The predicted molar refractivity (Wildman–Crippen MR) is 79.5 cm³/mol. The van der Waals surface area contributed by atoms with Crippen LogP contribution in [-0.4, -0.2) is 41.4 Å². The predicted octanol–water partition coefficient (Wildman–Crippen LogP) is 1.87. The number of nitrogens with zero attached hydrogens (tertiary/aromatic N) is 2. The molecule has 0 aliphatic heterocycles. The average molecular weight is 291 g/mol. The molecule has 7 heteroatoms. The summed E-state index contributed by atoms with van der Waals surface area (Å²) in [6.45, 7) is 2.07. The van der Waals surface area contributed by atoms with Crippen LogP contribution in [0, 0.1) is 17.0 Å². The van der Waals surface area contributed by atoms with Crippen molar-refractivity contribution in [1.82, 2.24) is 4.98 Å². The van der Waals surface area contributed by atoms with Crippen molar-refractivity contribution in [1.29, 1.82) is 0 Å². The largest absolute Gasteiger partial charge is 0.394 e. The summed E-state index contributed by atoms with van der Waals surface area (Å²) in [6, 6.07) is 6.03. The van der Waals surface area contributed by atoms with Crippen LogP contribution in [-0.2, 0) is 4.74 Å². The molecule has 0 saturated heterocycles. The molecule has 2 rings (SSSR count). The topological polar surface area (TPSA) is 97.5 Å². The van der Waals surface area contributed by atoms with Gasteiger partial charge in [-0.3, -0.25) is 15.1 Å². The van der Waals surface area contributed by atoms with Gasteiger partial charge in [0, 0.05) is 36.0 Å². The van der Waals surface area contributed by atoms with Crippen LogP contribution < -0.4 is 5.32 Å². The Kier molecular flexibility index (Phi) is 4.66. The quantitative estimate of drug-likeness (QED) is 0.623. The van der Waals surface area contributed by atoms with Gasteiger partial charge < -0.3 is 15.2 Å². The standard InChI is InChI=1S/C14H17N3O4/c1-9-5-14(16-10(7-18)8-21-2)12-6-11(17(19)20)3-4-13(12)15-9/h3-6,10,18H,7-8H2,1-2H3,(H,15,16). The van der Waals surface area contributed by atoms with Crippen molar-refractivity contribution >= 4 is 22.3 Å². The highest BCUT2D eigenvalue weighted by atomic mass is 16.6. The number of nitro groups is 1. The van der Waals surface area contributed by atoms with Crippen molar-refractivity contribution in [2.24, 2.45) is 0 Å². The van der Waals surface area contributed by atoms with Crippen LogP contribution in [0.15, 0.2) is 24.3 Å². The Morgan fingerprint density at radius 2 is 2.24 bits per heavy atom. The highest BCUT2D eigenvalue weighted by Gasteiger charge is 2.13. The normalized spacial score (nSPS) is 12.3. The number of nitrogens with one attached hydrogen (secondary N) is 1. The van der Waals surface area contributed by atoms with E-state index in [1.807, 2.05) is 6.92 Å². The number of pyridine rings is 1. The molecule has 0 fully saturated rings. The van der Waals surface area contributed by atoms with Gasteiger partial charge >= 0.3 is 0 Å². The van der Waals surface area contributed by atoms with Gasteiger partial charge in [0.05, 0.1) is 29.7 Å². The van der Waals surface area contributed by atoms with E-state index in [9.17, 15) is 15.2 Å². The number of methoxy groups -OCH3 is 1. The third-order valence-electron chi connectivity index (χ3n) is 3.08. The molecular formula is C14H17N3O4. The second-order valence-electron chi connectivity index (χ2n) is 4.75. The van der Waals surface area contributed by atoms with Crippen molar-refractivity contribution in [2.45, 2.75) is 13.0 Å². The van der Waals surface area contributed by atoms with Crippen molar-refractivity contribution in [3.63, 3.8) is 0 Å². The van der Waals surface area contributed by atoms with E-state index in [4.69, 9.17) is 4.74 Å². The van der Waals surface area contributed by atoms with E-state index in [2.05, 4.69) is 10.3 Å². The Morgan fingerprint density at radius 3 is 2.86 bits per heavy atom. The van der Waals surface area contributed by atoms with Gasteiger partial charge in [-0.15, -0.1) is 0 Å². The summed E-state index contributed by atoms with van der Waals surface area (Å²) in [5, 5.41) is 24.0. The van der Waals surface area contributed by atoms with Crippen molar-refractivity contribution in [3.8, 4) is 0 Å². The van der Waals surface area contributed by atoms with Crippen molar-refractivity contribution in [2.75, 3.05) is 25.6 Å². The number of non-ortho nitro benzene ring substituents is 1. The SMILES string of the molecule is COCC(CO)Nc1cc(C)nc2ccc([N+](=O)[O-])cc12. The zero-order chi connectivity index (χ0) is 15.4. The summed E-state index contributed by atoms with van der Waals surface area (Å²) in [7, 11) is 1.55. The molecule has 2 aromatic rings. The lowest BCUT2D eigenvalue weighted by Gasteiger charge is -2.18. The molecule has 1 atom stereocenters. The van der Waals surface area contributed by atoms with Crippen LogP contribution in [0.5, 0.6) is 0 Å². The maximum Gasteiger partial charge on any atom is 0.270 e. The lowest BCUT2D eigenvalue weighted by molar-refractivity contribution is -0.384. The molecule has 1 heterocycles. The molecule has 1 aromatic carbocycles. The number of anilines is 1. The lowest BCUT2D eigenvalue weighted by Crippen LogP contribution is -2.28. The van der Waals surface area contributed by atoms with Gasteiger partial charge in [-0.25, -0.2) is 0 Å². The first-order valence-electron chi connectivity index (χ1n) is 6.47. The molecular weight excluding hydrogens is 274 g/mol. The minimum atomic E-state index is -0.443. The molecule has 0 radical (unpaired) electrons. The maximum atomic E-state index is 10.9. The van der Waals surface area contributed by atoms with Crippen molar-refractivity contribution < 1.29 is 14.8 Å². The fraction of sp³-hybridized carbons (Fsp3) is 0.357. The molecule has 0 amide bonds. The van der Waals surface area contributed by atoms with Gasteiger partial charge in [0.15, 0.2) is 0 Å². The van der Waals surface area contributed by atoms with Gasteiger partial charge in [0.2, 0.25) is 0 Å². The molecule has 0 spiro atoms. The van der Waals surface area contributed by atoms with Gasteiger partial charge in [-0.05, 0) is 19.1 Å². The van der Waals surface area contributed by atoms with Crippen LogP contribution in [0.2, 0.25) is 0 Å². The molecule has 2 N–H and O–H groups in total. The number of aromatic nitrogens is 1. The van der Waals surface area contributed by atoms with Crippen LogP contribution in [0.4, 0.5) is 11.4 Å². The Bertz CT molecular complexity index is 660. The molecule has 21 heavy (non-hydrogen) atoms. The van der Waals surface area contributed by atoms with Gasteiger partial charge in [0.25, 0.3) is 5.69 Å². The summed E-state index contributed by atoms with van der Waals surface area (Å²) in [4.78, 5) is 14.8. The number of fused-ring (bicyclic) bond motifs is 1. The van der Waals surface area contributed by atoms with Crippen molar-refractivity contribution in [3.05, 3.63) is 40.1 Å². The summed E-state index contributed by atoms with van der Waals surface area (Å²) < 4.78 is 5.02. The molecule has 7 nitrogen and oxygen atoms in total. The van der Waals surface area contributed by atoms with Crippen LogP contribution in [0.3, 0.4) is 0 Å². The third-order valence-corrected chi connectivity index (χ3v) is 3.08. The van der Waals surface area contributed by atoms with Gasteiger partial charge in [-0.1, -0.05) is 0 Å². The van der Waals surface area contributed by atoms with E-state index in [0.717, 1.165) is 5.69 Å². The maximum absolute atomic E-state index is 10.9. The number of ether oxygens (including phenoxy) is 1. The summed E-state index contributed by atoms with van der Waals surface area (Å²) in [5.74, 6) is 0. The second kappa shape index (κ2) is 6.47. The lowest BCUT2D eigenvalue weighted by atomic mass is 10.1. The fourth-order valence-electron chi connectivity index (χ4n) is 2.14. The van der Waals surface area contributed by atoms with Crippen LogP contribution in [0.1, 0.15) is 5.69 Å². The van der Waals surface area contributed by atoms with E-state index >= 15 is 0 Å². The van der Waals surface area contributed by atoms with E-state index in [-0.39, 0.29) is 18.3 Å². The van der Waals surface area contributed by atoms with E-state index in [0.29, 0.717) is 23.2 Å². The molecule has 0 aliphatic carbocycles. The average Bonchev–Trinajstić information content (AvgIpc) is 2.46. The Morgan fingerprint density at radius 1 is 1.48 bits per heavy atom. The summed E-state index contributed by atoms with van der Waals surface area (Å²) in [6.07, 6.45) is 0. The minimum Gasteiger partial charge on any atom is -0.394 e. The Hall–Kier alpha value is -2.25. The number of rotatable bonds is 6. The zero-order valence-electron chi connectivity index (χ0n) is 11.9. The molecule has 0 bridgehead atoms. The fourth-order valence-corrected chi connectivity index (χ4v) is 2.14. The molecule has 1 unspecified atom stereocenters. The number of nitro benzene ring substituents is 1. The number of hydrogen-bond acceptors (Lipinski definition) is 6. The summed E-state index contributed by atoms with van der Waals surface area (Å²) in [5.41, 5.74) is 2.14. The van der Waals surface area contributed by atoms with Crippen LogP contribution in [0.25, 0.3) is 10.9 Å². The highest BCUT2D eigenvalue weighted by molar-refractivity contribution is 5.93. The second-order valence-corrected chi connectivity index (χ2v) is 4.75. The first-order valence-corrected chi connectivity index (χ1v) is 6.47. The Labute approximate surface area is 121 Å². The molecule has 0 aliphatic rings. The summed E-state index contributed by atoms with van der Waals surface area (Å²) >= 11 is 0. The number of aryl methyl sites for hydroxylation is 1. The number of hydrogen-bond donors (Lipinski definition) is 2.